The summed E-state index contributed by atoms with van der Waals surface area (Å²) in [7, 11) is 0. The summed E-state index contributed by atoms with van der Waals surface area (Å²) in [5.41, 5.74) is 1.26. The monoisotopic (exact) mass is 246 g/mol. The van der Waals surface area contributed by atoms with Crippen LogP contribution in [0, 0.1) is 0 Å². The molecule has 1 N–H and O–H groups in total. The van der Waals surface area contributed by atoms with Crippen molar-refractivity contribution < 1.29 is 9.90 Å². The molecule has 2 heterocycles. The summed E-state index contributed by atoms with van der Waals surface area (Å²) in [6.45, 7) is 0.354. The van der Waals surface area contributed by atoms with Gasteiger partial charge < -0.3 is 10.0 Å². The lowest BCUT2D eigenvalue weighted by Gasteiger charge is -2.19. The van der Waals surface area contributed by atoms with Crippen molar-refractivity contribution in [1.82, 2.24) is 9.88 Å². The molecule has 1 aliphatic heterocycles. The molecular weight excluding hydrogens is 236 g/mol. The van der Waals surface area contributed by atoms with Crippen LogP contribution >= 0.6 is 11.3 Å². The Hall–Kier alpha value is -1.72. The standard InChI is InChI=1S/C12H10N2O2S/c15-11-8-3-1-2-4-9(8)12(16)14(11)7-10-13-5-6-17-10/h1-6,11,15H,7H2. The summed E-state index contributed by atoms with van der Waals surface area (Å²) in [4.78, 5) is 17.6. The van der Waals surface area contributed by atoms with Gasteiger partial charge in [-0.15, -0.1) is 11.3 Å². The molecule has 0 saturated carbocycles. The van der Waals surface area contributed by atoms with Gasteiger partial charge in [-0.1, -0.05) is 18.2 Å². The van der Waals surface area contributed by atoms with Gasteiger partial charge in [0.1, 0.15) is 5.01 Å². The SMILES string of the molecule is O=C1c2ccccc2C(O)N1Cc1nccs1. The summed E-state index contributed by atoms with van der Waals surface area (Å²) in [6, 6.07) is 7.14. The molecule has 17 heavy (non-hydrogen) atoms. The highest BCUT2D eigenvalue weighted by Gasteiger charge is 2.35. The highest BCUT2D eigenvalue weighted by Crippen LogP contribution is 2.32. The fourth-order valence-corrected chi connectivity index (χ4v) is 2.60. The number of carbonyl (C=O) groups is 1. The molecule has 0 aliphatic carbocycles. The van der Waals surface area contributed by atoms with Crippen LogP contribution in [0.4, 0.5) is 0 Å². The summed E-state index contributed by atoms with van der Waals surface area (Å²) < 4.78 is 0. The maximum Gasteiger partial charge on any atom is 0.256 e. The van der Waals surface area contributed by atoms with Crippen molar-refractivity contribution in [3.05, 3.63) is 52.0 Å². The molecule has 1 atom stereocenters. The Bertz CT molecular complexity index is 553. The molecule has 0 spiro atoms. The van der Waals surface area contributed by atoms with E-state index in [0.717, 1.165) is 5.01 Å². The normalized spacial score (nSPS) is 18.5. The Kier molecular flexibility index (Phi) is 2.42. The Morgan fingerprint density at radius 3 is 2.94 bits per heavy atom. The van der Waals surface area contributed by atoms with Gasteiger partial charge in [-0.05, 0) is 6.07 Å². The highest BCUT2D eigenvalue weighted by molar-refractivity contribution is 7.09. The number of benzene rings is 1. The zero-order chi connectivity index (χ0) is 11.8. The summed E-state index contributed by atoms with van der Waals surface area (Å²) >= 11 is 1.48. The Balaban J connectivity index is 1.92. The number of amides is 1. The van der Waals surface area contributed by atoms with Gasteiger partial charge in [-0.3, -0.25) is 4.79 Å². The molecule has 3 rings (SSSR count). The zero-order valence-electron chi connectivity index (χ0n) is 8.91. The minimum atomic E-state index is -0.859. The van der Waals surface area contributed by atoms with E-state index in [4.69, 9.17) is 0 Å². The van der Waals surface area contributed by atoms with Crippen LogP contribution in [-0.4, -0.2) is 20.9 Å². The minimum Gasteiger partial charge on any atom is -0.369 e. The van der Waals surface area contributed by atoms with Crippen LogP contribution in [0.25, 0.3) is 0 Å². The third-order valence-electron chi connectivity index (χ3n) is 2.81. The van der Waals surface area contributed by atoms with Gasteiger partial charge in [0, 0.05) is 22.7 Å². The van der Waals surface area contributed by atoms with Crippen molar-refractivity contribution in [1.29, 1.82) is 0 Å². The first-order valence-electron chi connectivity index (χ1n) is 5.23. The maximum atomic E-state index is 12.1. The van der Waals surface area contributed by atoms with Gasteiger partial charge in [0.2, 0.25) is 0 Å². The second kappa shape index (κ2) is 3.94. The molecule has 2 aromatic rings. The van der Waals surface area contributed by atoms with E-state index >= 15 is 0 Å². The van der Waals surface area contributed by atoms with Crippen molar-refractivity contribution in [3.8, 4) is 0 Å². The molecule has 0 fully saturated rings. The molecule has 1 aromatic carbocycles. The first kappa shape index (κ1) is 10.4. The molecular formula is C12H10N2O2S. The van der Waals surface area contributed by atoms with Crippen LogP contribution < -0.4 is 0 Å². The summed E-state index contributed by atoms with van der Waals surface area (Å²) in [5.74, 6) is -0.136. The van der Waals surface area contributed by atoms with E-state index in [-0.39, 0.29) is 5.91 Å². The van der Waals surface area contributed by atoms with Crippen LogP contribution in [0.3, 0.4) is 0 Å². The van der Waals surface area contributed by atoms with Crippen molar-refractivity contribution in [2.75, 3.05) is 0 Å². The number of aliphatic hydroxyl groups excluding tert-OH is 1. The van der Waals surface area contributed by atoms with E-state index in [0.29, 0.717) is 17.7 Å². The lowest BCUT2D eigenvalue weighted by atomic mass is 10.1. The van der Waals surface area contributed by atoms with E-state index < -0.39 is 6.23 Å². The fourth-order valence-electron chi connectivity index (χ4n) is 1.99. The molecule has 1 amide bonds. The van der Waals surface area contributed by atoms with E-state index in [1.165, 1.54) is 16.2 Å². The average molecular weight is 246 g/mol. The number of hydrogen-bond donors (Lipinski definition) is 1. The Morgan fingerprint density at radius 2 is 2.24 bits per heavy atom. The highest BCUT2D eigenvalue weighted by atomic mass is 32.1. The topological polar surface area (TPSA) is 53.4 Å². The average Bonchev–Trinajstić information content (AvgIpc) is 2.94. The van der Waals surface area contributed by atoms with E-state index in [9.17, 15) is 9.90 Å². The number of aliphatic hydroxyl groups is 1. The van der Waals surface area contributed by atoms with Gasteiger partial charge in [0.25, 0.3) is 5.91 Å². The number of nitrogens with zero attached hydrogens (tertiary/aromatic N) is 2. The Labute approximate surface area is 102 Å². The minimum absolute atomic E-state index is 0.136. The van der Waals surface area contributed by atoms with Gasteiger partial charge in [-0.25, -0.2) is 4.98 Å². The smallest absolute Gasteiger partial charge is 0.256 e. The van der Waals surface area contributed by atoms with E-state index in [2.05, 4.69) is 4.98 Å². The van der Waals surface area contributed by atoms with E-state index in [1.807, 2.05) is 11.4 Å². The van der Waals surface area contributed by atoms with Crippen molar-refractivity contribution in [2.45, 2.75) is 12.8 Å². The lowest BCUT2D eigenvalue weighted by molar-refractivity contribution is 0.0137. The molecule has 86 valence electrons. The van der Waals surface area contributed by atoms with Gasteiger partial charge in [-0.2, -0.15) is 0 Å². The largest absolute Gasteiger partial charge is 0.369 e. The number of rotatable bonds is 2. The van der Waals surface area contributed by atoms with Gasteiger partial charge >= 0.3 is 0 Å². The molecule has 1 aromatic heterocycles. The molecule has 5 heteroatoms. The predicted octanol–water partition coefficient (Wildman–Crippen LogP) is 1.79. The lowest BCUT2D eigenvalue weighted by Crippen LogP contribution is -2.27. The molecule has 0 radical (unpaired) electrons. The number of hydrogen-bond acceptors (Lipinski definition) is 4. The van der Waals surface area contributed by atoms with Crippen LogP contribution in [0.1, 0.15) is 27.2 Å². The Morgan fingerprint density at radius 1 is 1.41 bits per heavy atom. The number of fused-ring (bicyclic) bond motifs is 1. The van der Waals surface area contributed by atoms with Crippen LogP contribution in [0.2, 0.25) is 0 Å². The van der Waals surface area contributed by atoms with Gasteiger partial charge in [0.15, 0.2) is 6.23 Å². The third-order valence-corrected chi connectivity index (χ3v) is 3.58. The van der Waals surface area contributed by atoms with Crippen LogP contribution in [0.15, 0.2) is 35.8 Å². The van der Waals surface area contributed by atoms with Crippen molar-refractivity contribution >= 4 is 17.2 Å². The first-order valence-corrected chi connectivity index (χ1v) is 6.11. The molecule has 0 saturated heterocycles. The third kappa shape index (κ3) is 1.64. The van der Waals surface area contributed by atoms with Gasteiger partial charge in [0.05, 0.1) is 6.54 Å². The van der Waals surface area contributed by atoms with Crippen LogP contribution in [0.5, 0.6) is 0 Å². The first-order chi connectivity index (χ1) is 8.27. The number of thiazole rings is 1. The summed E-state index contributed by atoms with van der Waals surface area (Å²) in [6.07, 6.45) is 0.836. The van der Waals surface area contributed by atoms with E-state index in [1.54, 1.807) is 24.4 Å². The zero-order valence-corrected chi connectivity index (χ0v) is 9.72. The molecule has 4 nitrogen and oxygen atoms in total. The fraction of sp³-hybridized carbons (Fsp3) is 0.167. The van der Waals surface area contributed by atoms with Crippen molar-refractivity contribution in [2.24, 2.45) is 0 Å². The predicted molar refractivity (Wildman–Crippen MR) is 63.4 cm³/mol. The second-order valence-corrected chi connectivity index (χ2v) is 4.80. The number of carbonyl (C=O) groups excluding carboxylic acids is 1. The second-order valence-electron chi connectivity index (χ2n) is 3.82. The molecule has 1 unspecified atom stereocenters. The van der Waals surface area contributed by atoms with Crippen molar-refractivity contribution in [3.63, 3.8) is 0 Å². The quantitative estimate of drug-likeness (QED) is 0.879. The number of aromatic nitrogens is 1. The molecule has 0 bridgehead atoms. The molecule has 1 aliphatic rings. The van der Waals surface area contributed by atoms with Crippen LogP contribution in [-0.2, 0) is 6.54 Å². The maximum absolute atomic E-state index is 12.1. The summed E-state index contributed by atoms with van der Waals surface area (Å²) in [5, 5.41) is 12.8.